The van der Waals surface area contributed by atoms with E-state index in [4.69, 9.17) is 5.84 Å². The Kier molecular flexibility index (Phi) is 6.06. The van der Waals surface area contributed by atoms with Crippen molar-refractivity contribution in [2.45, 2.75) is 64.8 Å². The molecule has 1 aliphatic rings. The lowest BCUT2D eigenvalue weighted by Gasteiger charge is -2.34. The second kappa shape index (κ2) is 7.80. The van der Waals surface area contributed by atoms with Crippen LogP contribution >= 0.6 is 0 Å². The molecule has 3 unspecified atom stereocenters. The fourth-order valence-electron chi connectivity index (χ4n) is 3.74. The highest BCUT2D eigenvalue weighted by Crippen LogP contribution is 2.38. The summed E-state index contributed by atoms with van der Waals surface area (Å²) in [6.45, 7) is 4.55. The van der Waals surface area contributed by atoms with Crippen LogP contribution in [0.2, 0.25) is 0 Å². The molecule has 2 heteroatoms. The summed E-state index contributed by atoms with van der Waals surface area (Å²) in [7, 11) is 0. The van der Waals surface area contributed by atoms with Crippen LogP contribution in [0.4, 0.5) is 0 Å². The van der Waals surface area contributed by atoms with Gasteiger partial charge >= 0.3 is 0 Å². The monoisotopic (exact) mass is 274 g/mol. The molecule has 2 nitrogen and oxygen atoms in total. The molecule has 0 bridgehead atoms. The number of nitrogens with one attached hydrogen (secondary N) is 1. The van der Waals surface area contributed by atoms with Crippen molar-refractivity contribution in [3.63, 3.8) is 0 Å². The fraction of sp³-hybridized carbons (Fsp3) is 0.667. The van der Waals surface area contributed by atoms with Crippen molar-refractivity contribution in [2.75, 3.05) is 0 Å². The topological polar surface area (TPSA) is 38.0 Å². The van der Waals surface area contributed by atoms with E-state index in [1.807, 2.05) is 0 Å². The maximum Gasteiger partial charge on any atom is 0.0488 e. The van der Waals surface area contributed by atoms with Crippen LogP contribution in [0.1, 0.15) is 69.5 Å². The molecular formula is C18H30N2. The second-order valence-corrected chi connectivity index (χ2v) is 6.34. The van der Waals surface area contributed by atoms with Gasteiger partial charge in [0.25, 0.3) is 0 Å². The maximum atomic E-state index is 5.90. The van der Waals surface area contributed by atoms with E-state index in [1.165, 1.54) is 49.7 Å². The van der Waals surface area contributed by atoms with Gasteiger partial charge in [0.2, 0.25) is 0 Å². The van der Waals surface area contributed by atoms with Gasteiger partial charge in [-0.1, -0.05) is 63.8 Å². The van der Waals surface area contributed by atoms with Gasteiger partial charge in [0.15, 0.2) is 0 Å². The molecule has 112 valence electrons. The molecule has 3 atom stereocenters. The van der Waals surface area contributed by atoms with E-state index in [0.717, 1.165) is 12.3 Å². The van der Waals surface area contributed by atoms with Crippen molar-refractivity contribution in [3.05, 3.63) is 35.4 Å². The molecule has 1 saturated carbocycles. The molecule has 20 heavy (non-hydrogen) atoms. The first-order valence-corrected chi connectivity index (χ1v) is 8.33. The molecule has 0 saturated heterocycles. The third-order valence-corrected chi connectivity index (χ3v) is 4.90. The van der Waals surface area contributed by atoms with Crippen molar-refractivity contribution in [2.24, 2.45) is 17.7 Å². The highest BCUT2D eigenvalue weighted by atomic mass is 15.2. The minimum atomic E-state index is 0.321. The lowest BCUT2D eigenvalue weighted by Crippen LogP contribution is -2.35. The zero-order valence-corrected chi connectivity index (χ0v) is 13.1. The van der Waals surface area contributed by atoms with Crippen molar-refractivity contribution < 1.29 is 0 Å². The fourth-order valence-corrected chi connectivity index (χ4v) is 3.74. The molecule has 1 fully saturated rings. The summed E-state index contributed by atoms with van der Waals surface area (Å²) >= 11 is 0. The van der Waals surface area contributed by atoms with Gasteiger partial charge < -0.3 is 0 Å². The largest absolute Gasteiger partial charge is 0.271 e. The molecule has 3 N–H and O–H groups in total. The van der Waals surface area contributed by atoms with E-state index in [1.54, 1.807) is 0 Å². The summed E-state index contributed by atoms with van der Waals surface area (Å²) in [4.78, 5) is 0. The second-order valence-electron chi connectivity index (χ2n) is 6.34. The summed E-state index contributed by atoms with van der Waals surface area (Å²) in [5.74, 6) is 7.48. The van der Waals surface area contributed by atoms with E-state index < -0.39 is 0 Å². The number of rotatable bonds is 6. The molecule has 1 aliphatic carbocycles. The Morgan fingerprint density at radius 1 is 1.30 bits per heavy atom. The first-order chi connectivity index (χ1) is 9.78. The molecule has 2 rings (SSSR count). The van der Waals surface area contributed by atoms with Crippen LogP contribution in [-0.2, 0) is 6.42 Å². The third kappa shape index (κ3) is 3.83. The normalized spacial score (nSPS) is 24.6. The standard InChI is InChI=1S/C18H30N2/c1-3-7-15-9-6-11-17(13-15)18(20-19)16-10-5-8-14(4-2)12-16/h6,9,11,13-14,16,18,20H,3-5,7-8,10,12,19H2,1-2H3. The molecular weight excluding hydrogens is 244 g/mol. The van der Waals surface area contributed by atoms with Gasteiger partial charge in [0.05, 0.1) is 0 Å². The van der Waals surface area contributed by atoms with Crippen molar-refractivity contribution in [3.8, 4) is 0 Å². The van der Waals surface area contributed by atoms with E-state index >= 15 is 0 Å². The highest BCUT2D eigenvalue weighted by molar-refractivity contribution is 5.26. The molecule has 0 spiro atoms. The molecule has 0 amide bonds. The van der Waals surface area contributed by atoms with Crippen molar-refractivity contribution >= 4 is 0 Å². The molecule has 0 aliphatic heterocycles. The number of hydrogen-bond acceptors (Lipinski definition) is 2. The van der Waals surface area contributed by atoms with Gasteiger partial charge in [0, 0.05) is 6.04 Å². The summed E-state index contributed by atoms with van der Waals surface area (Å²) in [5.41, 5.74) is 5.92. The van der Waals surface area contributed by atoms with Gasteiger partial charge in [-0.2, -0.15) is 0 Å². The van der Waals surface area contributed by atoms with Crippen LogP contribution in [0, 0.1) is 11.8 Å². The lowest BCUT2D eigenvalue weighted by atomic mass is 9.75. The quantitative estimate of drug-likeness (QED) is 0.597. The number of aryl methyl sites for hydroxylation is 1. The van der Waals surface area contributed by atoms with Crippen LogP contribution in [0.5, 0.6) is 0 Å². The van der Waals surface area contributed by atoms with Gasteiger partial charge in [-0.3, -0.25) is 11.3 Å². The zero-order valence-electron chi connectivity index (χ0n) is 13.1. The molecule has 0 heterocycles. The minimum Gasteiger partial charge on any atom is -0.271 e. The van der Waals surface area contributed by atoms with E-state index in [2.05, 4.69) is 43.5 Å². The number of benzene rings is 1. The summed E-state index contributed by atoms with van der Waals surface area (Å²) in [6.07, 6.45) is 9.06. The third-order valence-electron chi connectivity index (χ3n) is 4.90. The Balaban J connectivity index is 2.12. The van der Waals surface area contributed by atoms with Gasteiger partial charge in [-0.15, -0.1) is 0 Å². The van der Waals surface area contributed by atoms with Crippen LogP contribution in [0.3, 0.4) is 0 Å². The number of hydrazine groups is 1. The van der Waals surface area contributed by atoms with Gasteiger partial charge in [-0.25, -0.2) is 0 Å². The predicted octanol–water partition coefficient (Wildman–Crippen LogP) is 4.36. The van der Waals surface area contributed by atoms with Crippen LogP contribution in [-0.4, -0.2) is 0 Å². The Morgan fingerprint density at radius 2 is 2.15 bits per heavy atom. The molecule has 0 aromatic heterocycles. The Bertz CT molecular complexity index is 402. The Labute approximate surface area is 124 Å². The van der Waals surface area contributed by atoms with Gasteiger partial charge in [-0.05, 0) is 42.2 Å². The Hall–Kier alpha value is -0.860. The van der Waals surface area contributed by atoms with Gasteiger partial charge in [0.1, 0.15) is 0 Å². The average Bonchev–Trinajstić information content (AvgIpc) is 2.49. The lowest BCUT2D eigenvalue weighted by molar-refractivity contribution is 0.210. The smallest absolute Gasteiger partial charge is 0.0488 e. The van der Waals surface area contributed by atoms with E-state index in [-0.39, 0.29) is 0 Å². The highest BCUT2D eigenvalue weighted by Gasteiger charge is 2.28. The molecule has 1 aromatic rings. The maximum absolute atomic E-state index is 5.90. The van der Waals surface area contributed by atoms with Crippen LogP contribution in [0.25, 0.3) is 0 Å². The molecule has 1 aromatic carbocycles. The van der Waals surface area contributed by atoms with Crippen molar-refractivity contribution in [1.29, 1.82) is 0 Å². The molecule has 0 radical (unpaired) electrons. The van der Waals surface area contributed by atoms with E-state index in [9.17, 15) is 0 Å². The summed E-state index contributed by atoms with van der Waals surface area (Å²) in [6, 6.07) is 9.32. The van der Waals surface area contributed by atoms with Crippen LogP contribution < -0.4 is 11.3 Å². The first kappa shape index (κ1) is 15.5. The average molecular weight is 274 g/mol. The first-order valence-electron chi connectivity index (χ1n) is 8.33. The SMILES string of the molecule is CCCc1cccc(C(NN)C2CCCC(CC)C2)c1. The number of hydrogen-bond donors (Lipinski definition) is 2. The predicted molar refractivity (Wildman–Crippen MR) is 86.2 cm³/mol. The van der Waals surface area contributed by atoms with Crippen molar-refractivity contribution in [1.82, 2.24) is 5.43 Å². The minimum absolute atomic E-state index is 0.321. The Morgan fingerprint density at radius 3 is 2.85 bits per heavy atom. The van der Waals surface area contributed by atoms with Crippen LogP contribution in [0.15, 0.2) is 24.3 Å². The summed E-state index contributed by atoms with van der Waals surface area (Å²) in [5, 5.41) is 0. The zero-order chi connectivity index (χ0) is 14.4. The van der Waals surface area contributed by atoms with E-state index in [0.29, 0.717) is 12.0 Å². The summed E-state index contributed by atoms with van der Waals surface area (Å²) < 4.78 is 0. The number of nitrogens with two attached hydrogens (primary N) is 1.